The molecule has 1 amide bonds. The van der Waals surface area contributed by atoms with Crippen molar-refractivity contribution < 1.29 is 23.1 Å². The Kier molecular flexibility index (Phi) is 8.18. The van der Waals surface area contributed by atoms with E-state index in [1.165, 1.54) is 0 Å². The quantitative estimate of drug-likeness (QED) is 0.537. The third kappa shape index (κ3) is 6.86. The molecular formula is C18H29N3O5S. The van der Waals surface area contributed by atoms with E-state index >= 15 is 0 Å². The first-order valence-electron chi connectivity index (χ1n) is 9.07. The van der Waals surface area contributed by atoms with Crippen molar-refractivity contribution in [3.05, 3.63) is 30.3 Å². The lowest BCUT2D eigenvalue weighted by molar-refractivity contribution is -0.128. The average Bonchev–Trinajstić information content (AvgIpc) is 2.62. The number of hydrogen-bond acceptors (Lipinski definition) is 6. The van der Waals surface area contributed by atoms with E-state index < -0.39 is 16.1 Å². The second-order valence-electron chi connectivity index (χ2n) is 6.97. The number of hydrogen-bond donors (Lipinski definition) is 3. The Balaban J connectivity index is 1.80. The lowest BCUT2D eigenvalue weighted by Gasteiger charge is -2.36. The molecule has 3 N–H and O–H groups in total. The Labute approximate surface area is 160 Å². The molecular weight excluding hydrogens is 370 g/mol. The predicted octanol–water partition coefficient (Wildman–Crippen LogP) is -0.0587. The molecule has 1 aliphatic heterocycles. The highest BCUT2D eigenvalue weighted by Gasteiger charge is 2.31. The normalized spacial score (nSPS) is 23.3. The van der Waals surface area contributed by atoms with Crippen molar-refractivity contribution >= 4 is 15.9 Å². The maximum absolute atomic E-state index is 12.2. The van der Waals surface area contributed by atoms with E-state index in [1.807, 2.05) is 14.1 Å². The molecule has 8 nitrogen and oxygen atoms in total. The monoisotopic (exact) mass is 399 g/mol. The Bertz CT molecular complexity index is 696. The van der Waals surface area contributed by atoms with Gasteiger partial charge >= 0.3 is 0 Å². The fourth-order valence-electron chi connectivity index (χ4n) is 3.09. The zero-order chi connectivity index (χ0) is 19.9. The molecule has 0 radical (unpaired) electrons. The van der Waals surface area contributed by atoms with Crippen LogP contribution in [-0.2, 0) is 19.6 Å². The van der Waals surface area contributed by atoms with Crippen LogP contribution in [0.5, 0.6) is 0 Å². The van der Waals surface area contributed by atoms with E-state index in [0.29, 0.717) is 19.3 Å². The lowest BCUT2D eigenvalue weighted by atomic mass is 9.97. The van der Waals surface area contributed by atoms with Gasteiger partial charge in [0.2, 0.25) is 15.9 Å². The summed E-state index contributed by atoms with van der Waals surface area (Å²) >= 11 is 0. The zero-order valence-electron chi connectivity index (χ0n) is 15.8. The number of nitrogens with one attached hydrogen (secondary N) is 2. The maximum Gasteiger partial charge on any atom is 0.240 e. The smallest absolute Gasteiger partial charge is 0.240 e. The number of carbonyl (C=O) groups is 1. The third-order valence-corrected chi connectivity index (χ3v) is 5.89. The highest BCUT2D eigenvalue weighted by atomic mass is 32.2. The first-order chi connectivity index (χ1) is 12.8. The highest BCUT2D eigenvalue weighted by molar-refractivity contribution is 7.89. The van der Waals surface area contributed by atoms with E-state index in [2.05, 4.69) is 10.0 Å². The van der Waals surface area contributed by atoms with Gasteiger partial charge in [-0.05, 0) is 45.5 Å². The van der Waals surface area contributed by atoms with Gasteiger partial charge in [0, 0.05) is 6.54 Å². The van der Waals surface area contributed by atoms with Gasteiger partial charge in [0.05, 0.1) is 30.2 Å². The van der Waals surface area contributed by atoms with Crippen LogP contribution in [0.2, 0.25) is 0 Å². The largest absolute Gasteiger partial charge is 0.394 e. The summed E-state index contributed by atoms with van der Waals surface area (Å²) in [6.07, 6.45) is 1.22. The van der Waals surface area contributed by atoms with Crippen molar-refractivity contribution in [2.45, 2.75) is 42.4 Å². The molecule has 27 heavy (non-hydrogen) atoms. The number of aliphatic hydroxyl groups is 1. The minimum atomic E-state index is -3.54. The Morgan fingerprint density at radius 1 is 1.26 bits per heavy atom. The molecule has 0 spiro atoms. The molecule has 152 valence electrons. The lowest BCUT2D eigenvalue weighted by Crippen LogP contribution is -2.52. The van der Waals surface area contributed by atoms with Gasteiger partial charge < -0.3 is 20.1 Å². The topological polar surface area (TPSA) is 108 Å². The fourth-order valence-corrected chi connectivity index (χ4v) is 4.15. The molecule has 1 fully saturated rings. The second kappa shape index (κ2) is 10.1. The number of likely N-dealkylation sites (N-methyl/N-ethyl adjacent to an activating group) is 1. The summed E-state index contributed by atoms with van der Waals surface area (Å²) in [4.78, 5) is 13.9. The van der Waals surface area contributed by atoms with Crippen molar-refractivity contribution in [3.8, 4) is 0 Å². The number of benzene rings is 1. The van der Waals surface area contributed by atoms with Crippen LogP contribution < -0.4 is 10.0 Å². The molecule has 3 atom stereocenters. The van der Waals surface area contributed by atoms with Crippen molar-refractivity contribution in [2.75, 3.05) is 33.8 Å². The molecule has 0 unspecified atom stereocenters. The summed E-state index contributed by atoms with van der Waals surface area (Å²) in [6.45, 7) is 0.330. The van der Waals surface area contributed by atoms with E-state index in [0.717, 1.165) is 0 Å². The third-order valence-electron chi connectivity index (χ3n) is 4.41. The van der Waals surface area contributed by atoms with Crippen molar-refractivity contribution in [3.63, 3.8) is 0 Å². The number of rotatable bonds is 9. The van der Waals surface area contributed by atoms with Crippen LogP contribution in [0.4, 0.5) is 0 Å². The molecule has 0 aromatic heterocycles. The summed E-state index contributed by atoms with van der Waals surface area (Å²) in [5.74, 6) is -0.110. The molecule has 1 aliphatic rings. The van der Waals surface area contributed by atoms with Crippen LogP contribution in [0.15, 0.2) is 35.2 Å². The molecule has 1 saturated heterocycles. The molecule has 0 aliphatic carbocycles. The Morgan fingerprint density at radius 2 is 1.96 bits per heavy atom. The van der Waals surface area contributed by atoms with Gasteiger partial charge in [0.25, 0.3) is 0 Å². The number of ether oxygens (including phenoxy) is 1. The van der Waals surface area contributed by atoms with Gasteiger partial charge in [0.1, 0.15) is 6.10 Å². The van der Waals surface area contributed by atoms with E-state index in [1.54, 1.807) is 35.2 Å². The first-order valence-corrected chi connectivity index (χ1v) is 10.5. The minimum Gasteiger partial charge on any atom is -0.394 e. The van der Waals surface area contributed by atoms with Crippen LogP contribution in [0.25, 0.3) is 0 Å². The van der Waals surface area contributed by atoms with Crippen LogP contribution >= 0.6 is 0 Å². The van der Waals surface area contributed by atoms with Gasteiger partial charge in [-0.3, -0.25) is 4.79 Å². The molecule has 1 heterocycles. The average molecular weight is 400 g/mol. The SMILES string of the molecule is CN(C)CC(=O)N[C@@H]1CC[C@H](CCNS(=O)(=O)c2ccccc2)O[C@@H]1CO. The number of carbonyl (C=O) groups excluding carboxylic acids is 1. The fraction of sp³-hybridized carbons (Fsp3) is 0.611. The maximum atomic E-state index is 12.2. The zero-order valence-corrected chi connectivity index (χ0v) is 16.6. The van der Waals surface area contributed by atoms with Crippen molar-refractivity contribution in [2.24, 2.45) is 0 Å². The van der Waals surface area contributed by atoms with Gasteiger partial charge in [0.15, 0.2) is 0 Å². The van der Waals surface area contributed by atoms with Gasteiger partial charge in [-0.15, -0.1) is 0 Å². The second-order valence-corrected chi connectivity index (χ2v) is 8.73. The minimum absolute atomic E-state index is 0.110. The Hall–Kier alpha value is -1.52. The van der Waals surface area contributed by atoms with Gasteiger partial charge in [-0.25, -0.2) is 13.1 Å². The standard InChI is InChI=1S/C18H29N3O5S/c1-21(2)12-18(23)20-16-9-8-14(26-17(16)13-22)10-11-19-27(24,25)15-6-4-3-5-7-15/h3-7,14,16-17,19,22H,8-13H2,1-2H3,(H,20,23)/t14-,16-,17-/m1/s1. The molecule has 2 rings (SSSR count). The summed E-state index contributed by atoms with van der Waals surface area (Å²) in [6, 6.07) is 7.96. The molecule has 9 heteroatoms. The van der Waals surface area contributed by atoms with E-state index in [-0.39, 0.29) is 42.6 Å². The van der Waals surface area contributed by atoms with Crippen LogP contribution in [-0.4, -0.2) is 76.4 Å². The van der Waals surface area contributed by atoms with Crippen LogP contribution in [0, 0.1) is 0 Å². The summed E-state index contributed by atoms with van der Waals surface area (Å²) < 4.78 is 32.9. The molecule has 0 bridgehead atoms. The number of sulfonamides is 1. The predicted molar refractivity (Wildman–Crippen MR) is 102 cm³/mol. The van der Waals surface area contributed by atoms with Gasteiger partial charge in [-0.2, -0.15) is 0 Å². The first kappa shape index (κ1) is 21.8. The molecule has 0 saturated carbocycles. The number of aliphatic hydroxyl groups excluding tert-OH is 1. The van der Waals surface area contributed by atoms with E-state index in [9.17, 15) is 18.3 Å². The summed E-state index contributed by atoms with van der Waals surface area (Å²) in [5, 5.41) is 12.5. The van der Waals surface area contributed by atoms with Crippen LogP contribution in [0.3, 0.4) is 0 Å². The van der Waals surface area contributed by atoms with Crippen molar-refractivity contribution in [1.29, 1.82) is 0 Å². The summed E-state index contributed by atoms with van der Waals surface area (Å²) in [5.41, 5.74) is 0. The molecule has 1 aromatic carbocycles. The van der Waals surface area contributed by atoms with Gasteiger partial charge in [-0.1, -0.05) is 18.2 Å². The Morgan fingerprint density at radius 3 is 2.59 bits per heavy atom. The summed E-state index contributed by atoms with van der Waals surface area (Å²) in [7, 11) is 0.0900. The highest BCUT2D eigenvalue weighted by Crippen LogP contribution is 2.22. The van der Waals surface area contributed by atoms with E-state index in [4.69, 9.17) is 4.74 Å². The number of amides is 1. The van der Waals surface area contributed by atoms with Crippen molar-refractivity contribution in [1.82, 2.24) is 14.9 Å². The molecule has 1 aromatic rings. The van der Waals surface area contributed by atoms with Crippen LogP contribution in [0.1, 0.15) is 19.3 Å². The number of nitrogens with zero attached hydrogens (tertiary/aromatic N) is 1.